The predicted octanol–water partition coefficient (Wildman–Crippen LogP) is 0.417. The van der Waals surface area contributed by atoms with Crippen molar-refractivity contribution >= 4 is 0 Å². The summed E-state index contributed by atoms with van der Waals surface area (Å²) in [5.41, 5.74) is 5.54. The van der Waals surface area contributed by atoms with E-state index in [2.05, 4.69) is 5.32 Å². The second kappa shape index (κ2) is 6.52. The van der Waals surface area contributed by atoms with Gasteiger partial charge in [-0.15, -0.1) is 0 Å². The zero-order valence-electron chi connectivity index (χ0n) is 8.92. The summed E-state index contributed by atoms with van der Waals surface area (Å²) in [5, 5.41) is 12.0. The van der Waals surface area contributed by atoms with Crippen LogP contribution in [0.2, 0.25) is 0 Å². The van der Waals surface area contributed by atoms with E-state index < -0.39 is 17.7 Å². The molecule has 0 amide bonds. The van der Waals surface area contributed by atoms with Gasteiger partial charge >= 0.3 is 0 Å². The van der Waals surface area contributed by atoms with E-state index in [1.54, 1.807) is 0 Å². The molecule has 90 valence electrons. The highest BCUT2D eigenvalue weighted by atomic mass is 19.1. The fourth-order valence-corrected chi connectivity index (χ4v) is 1.31. The van der Waals surface area contributed by atoms with Gasteiger partial charge < -0.3 is 16.2 Å². The van der Waals surface area contributed by atoms with Gasteiger partial charge in [0.05, 0.1) is 6.10 Å². The number of hydrogen-bond donors (Lipinski definition) is 3. The summed E-state index contributed by atoms with van der Waals surface area (Å²) in [6, 6.07) is 3.38. The molecule has 0 aliphatic heterocycles. The lowest BCUT2D eigenvalue weighted by molar-refractivity contribution is 0.180. The topological polar surface area (TPSA) is 58.3 Å². The fraction of sp³-hybridized carbons (Fsp3) is 0.455. The van der Waals surface area contributed by atoms with E-state index in [0.717, 1.165) is 12.1 Å². The Balaban J connectivity index is 2.34. The van der Waals surface area contributed by atoms with E-state index in [-0.39, 0.29) is 6.54 Å². The Hall–Kier alpha value is -1.04. The van der Waals surface area contributed by atoms with E-state index in [9.17, 15) is 8.78 Å². The van der Waals surface area contributed by atoms with Crippen LogP contribution in [0.1, 0.15) is 5.56 Å². The maximum atomic E-state index is 13.2. The molecule has 1 unspecified atom stereocenters. The highest BCUT2D eigenvalue weighted by molar-refractivity contribution is 5.18. The third kappa shape index (κ3) is 4.22. The van der Waals surface area contributed by atoms with Crippen molar-refractivity contribution in [2.24, 2.45) is 5.73 Å². The molecule has 0 saturated heterocycles. The van der Waals surface area contributed by atoms with Gasteiger partial charge in [-0.3, -0.25) is 0 Å². The minimum absolute atomic E-state index is 0.182. The molecule has 0 bridgehead atoms. The number of rotatable bonds is 6. The molecule has 0 aromatic heterocycles. The van der Waals surface area contributed by atoms with E-state index in [1.807, 2.05) is 0 Å². The van der Waals surface area contributed by atoms with Gasteiger partial charge in [0.15, 0.2) is 0 Å². The smallest absolute Gasteiger partial charge is 0.126 e. The van der Waals surface area contributed by atoms with Gasteiger partial charge in [0, 0.05) is 13.1 Å². The van der Waals surface area contributed by atoms with Crippen LogP contribution in [0.25, 0.3) is 0 Å². The van der Waals surface area contributed by atoms with Crippen LogP contribution in [0.5, 0.6) is 0 Å². The van der Waals surface area contributed by atoms with Crippen molar-refractivity contribution in [3.63, 3.8) is 0 Å². The summed E-state index contributed by atoms with van der Waals surface area (Å²) in [6.45, 7) is 1.01. The van der Waals surface area contributed by atoms with Crippen molar-refractivity contribution in [1.82, 2.24) is 5.32 Å². The van der Waals surface area contributed by atoms with Crippen molar-refractivity contribution < 1.29 is 13.9 Å². The van der Waals surface area contributed by atoms with Crippen molar-refractivity contribution in [3.05, 3.63) is 35.4 Å². The monoisotopic (exact) mass is 230 g/mol. The molecular weight excluding hydrogens is 214 g/mol. The Kier molecular flexibility index (Phi) is 5.31. The van der Waals surface area contributed by atoms with Gasteiger partial charge in [-0.05, 0) is 36.7 Å². The van der Waals surface area contributed by atoms with Crippen LogP contribution in [0.4, 0.5) is 8.78 Å². The number of aliphatic hydroxyl groups excluding tert-OH is 1. The number of halogens is 2. The second-order valence-corrected chi connectivity index (χ2v) is 3.58. The van der Waals surface area contributed by atoms with Crippen LogP contribution in [0.15, 0.2) is 18.2 Å². The highest BCUT2D eigenvalue weighted by Crippen LogP contribution is 2.09. The molecule has 16 heavy (non-hydrogen) atoms. The maximum absolute atomic E-state index is 13.2. The van der Waals surface area contributed by atoms with E-state index >= 15 is 0 Å². The number of nitrogens with two attached hydrogens (primary N) is 1. The summed E-state index contributed by atoms with van der Waals surface area (Å²) in [6.07, 6.45) is -0.224. The molecule has 0 spiro atoms. The summed E-state index contributed by atoms with van der Waals surface area (Å²) in [5.74, 6) is -0.860. The normalized spacial score (nSPS) is 12.8. The van der Waals surface area contributed by atoms with Crippen LogP contribution < -0.4 is 11.1 Å². The lowest BCUT2D eigenvalue weighted by Crippen LogP contribution is -2.33. The number of nitrogens with one attached hydrogen (secondary N) is 1. The molecule has 1 aromatic rings. The van der Waals surface area contributed by atoms with Crippen molar-refractivity contribution in [3.8, 4) is 0 Å². The average molecular weight is 230 g/mol. The average Bonchev–Trinajstić information content (AvgIpc) is 2.28. The first kappa shape index (κ1) is 13.0. The molecule has 3 nitrogen and oxygen atoms in total. The highest BCUT2D eigenvalue weighted by Gasteiger charge is 2.04. The van der Waals surface area contributed by atoms with Crippen molar-refractivity contribution in [2.75, 3.05) is 19.6 Å². The second-order valence-electron chi connectivity index (χ2n) is 3.58. The number of hydrogen-bond acceptors (Lipinski definition) is 3. The van der Waals surface area contributed by atoms with Crippen LogP contribution in [-0.4, -0.2) is 30.8 Å². The zero-order valence-corrected chi connectivity index (χ0v) is 8.92. The molecule has 0 aliphatic rings. The third-order valence-electron chi connectivity index (χ3n) is 2.23. The zero-order chi connectivity index (χ0) is 12.0. The Morgan fingerprint density at radius 3 is 2.81 bits per heavy atom. The van der Waals surface area contributed by atoms with Crippen LogP contribution >= 0.6 is 0 Å². The summed E-state index contributed by atoms with van der Waals surface area (Å²) in [7, 11) is 0. The Morgan fingerprint density at radius 2 is 2.12 bits per heavy atom. The minimum Gasteiger partial charge on any atom is -0.390 e. The van der Waals surface area contributed by atoms with Crippen LogP contribution in [-0.2, 0) is 6.42 Å². The molecule has 0 saturated carbocycles. The Labute approximate surface area is 93.3 Å². The van der Waals surface area contributed by atoms with Crippen molar-refractivity contribution in [1.29, 1.82) is 0 Å². The molecule has 5 heteroatoms. The van der Waals surface area contributed by atoms with Gasteiger partial charge in [0.1, 0.15) is 11.6 Å². The lowest BCUT2D eigenvalue weighted by Gasteiger charge is -2.09. The van der Waals surface area contributed by atoms with E-state index in [1.165, 1.54) is 6.07 Å². The lowest BCUT2D eigenvalue weighted by atomic mass is 10.1. The van der Waals surface area contributed by atoms with E-state index in [4.69, 9.17) is 10.8 Å². The fourth-order valence-electron chi connectivity index (χ4n) is 1.31. The van der Waals surface area contributed by atoms with Crippen molar-refractivity contribution in [2.45, 2.75) is 12.5 Å². The maximum Gasteiger partial charge on any atom is 0.126 e. The number of benzene rings is 1. The first-order valence-corrected chi connectivity index (χ1v) is 5.16. The first-order valence-electron chi connectivity index (χ1n) is 5.16. The SMILES string of the molecule is NCC(O)CNCCc1cc(F)ccc1F. The first-order chi connectivity index (χ1) is 7.63. The Morgan fingerprint density at radius 1 is 1.38 bits per heavy atom. The standard InChI is InChI=1S/C11H16F2N2O/c12-9-1-2-11(13)8(5-9)3-4-15-7-10(16)6-14/h1-2,5,10,15-16H,3-4,6-7,14H2. The quantitative estimate of drug-likeness (QED) is 0.621. The molecule has 0 radical (unpaired) electrons. The Bertz CT molecular complexity index is 334. The third-order valence-corrected chi connectivity index (χ3v) is 2.23. The molecule has 0 fully saturated rings. The molecule has 1 atom stereocenters. The molecule has 0 heterocycles. The molecule has 4 N–H and O–H groups in total. The van der Waals surface area contributed by atoms with Gasteiger partial charge in [0.2, 0.25) is 0 Å². The summed E-state index contributed by atoms with van der Waals surface area (Å²) >= 11 is 0. The number of aliphatic hydroxyl groups is 1. The van der Waals surface area contributed by atoms with Crippen LogP contribution in [0, 0.1) is 11.6 Å². The largest absolute Gasteiger partial charge is 0.390 e. The van der Waals surface area contributed by atoms with Crippen LogP contribution in [0.3, 0.4) is 0 Å². The molecular formula is C11H16F2N2O. The predicted molar refractivity (Wildman–Crippen MR) is 58.0 cm³/mol. The van der Waals surface area contributed by atoms with Gasteiger partial charge in [-0.2, -0.15) is 0 Å². The minimum atomic E-state index is -0.600. The molecule has 1 aromatic carbocycles. The van der Waals surface area contributed by atoms with E-state index in [0.29, 0.717) is 25.1 Å². The van der Waals surface area contributed by atoms with Gasteiger partial charge in [-0.25, -0.2) is 8.78 Å². The molecule has 1 rings (SSSR count). The summed E-state index contributed by atoms with van der Waals surface area (Å²) < 4.78 is 26.0. The van der Waals surface area contributed by atoms with Gasteiger partial charge in [0.25, 0.3) is 0 Å². The molecule has 0 aliphatic carbocycles. The summed E-state index contributed by atoms with van der Waals surface area (Å²) in [4.78, 5) is 0. The van der Waals surface area contributed by atoms with Gasteiger partial charge in [-0.1, -0.05) is 0 Å².